The number of amides is 1. The van der Waals surface area contributed by atoms with Crippen LogP contribution < -0.4 is 10.2 Å². The van der Waals surface area contributed by atoms with Gasteiger partial charge in [0.05, 0.1) is 16.9 Å². The van der Waals surface area contributed by atoms with Gasteiger partial charge in [-0.3, -0.25) is 9.78 Å². The van der Waals surface area contributed by atoms with Crippen LogP contribution in [0.2, 0.25) is 0 Å². The van der Waals surface area contributed by atoms with Crippen molar-refractivity contribution in [2.24, 2.45) is 0 Å². The van der Waals surface area contributed by atoms with Crippen LogP contribution in [-0.2, 0) is 0 Å². The molecule has 1 fully saturated rings. The Labute approximate surface area is 147 Å². The van der Waals surface area contributed by atoms with Crippen LogP contribution in [0, 0.1) is 5.82 Å². The number of piperazine rings is 1. The highest BCUT2D eigenvalue weighted by Crippen LogP contribution is 2.21. The van der Waals surface area contributed by atoms with Crippen LogP contribution in [0.25, 0.3) is 0 Å². The number of nitrogens with zero attached hydrogens (tertiary/aromatic N) is 3. The molecular weight excluding hydrogens is 319 g/mol. The highest BCUT2D eigenvalue weighted by molar-refractivity contribution is 5.95. The Hall–Kier alpha value is -2.63. The third kappa shape index (κ3) is 4.07. The third-order valence-corrected chi connectivity index (χ3v) is 4.32. The Kier molecular flexibility index (Phi) is 5.48. The summed E-state index contributed by atoms with van der Waals surface area (Å²) in [6, 6.07) is 8.60. The largest absolute Gasteiger partial charge is 0.384 e. The van der Waals surface area contributed by atoms with Gasteiger partial charge in [0.15, 0.2) is 0 Å². The molecule has 3 rings (SSSR count). The van der Waals surface area contributed by atoms with Crippen LogP contribution in [-0.4, -0.2) is 48.5 Å². The van der Waals surface area contributed by atoms with Crippen molar-refractivity contribution < 1.29 is 9.18 Å². The maximum Gasteiger partial charge on any atom is 0.255 e. The average Bonchev–Trinajstić information content (AvgIpc) is 2.66. The summed E-state index contributed by atoms with van der Waals surface area (Å²) in [5.41, 5.74) is 2.04. The topological polar surface area (TPSA) is 48.5 Å². The monoisotopic (exact) mass is 342 g/mol. The van der Waals surface area contributed by atoms with Crippen molar-refractivity contribution in [2.45, 2.75) is 13.3 Å². The van der Waals surface area contributed by atoms with Gasteiger partial charge in [0, 0.05) is 45.1 Å². The number of carbonyl (C=O) groups is 1. The lowest BCUT2D eigenvalue weighted by molar-refractivity contribution is 0.0746. The zero-order valence-corrected chi connectivity index (χ0v) is 14.4. The van der Waals surface area contributed by atoms with Crippen LogP contribution in [0.3, 0.4) is 0 Å². The second-order valence-electron chi connectivity index (χ2n) is 6.12. The van der Waals surface area contributed by atoms with Gasteiger partial charge < -0.3 is 15.1 Å². The van der Waals surface area contributed by atoms with E-state index in [0.717, 1.165) is 18.7 Å². The SMILES string of the molecule is CCCNc1cncc(C(=O)N2CCN(c3ccccc3F)CC2)c1. The van der Waals surface area contributed by atoms with Gasteiger partial charge in [0.25, 0.3) is 5.91 Å². The summed E-state index contributed by atoms with van der Waals surface area (Å²) in [6.07, 6.45) is 4.33. The van der Waals surface area contributed by atoms with Crippen LogP contribution in [0.15, 0.2) is 42.7 Å². The zero-order valence-electron chi connectivity index (χ0n) is 14.4. The van der Waals surface area contributed by atoms with E-state index in [0.29, 0.717) is 37.4 Å². The molecule has 0 radical (unpaired) electrons. The maximum atomic E-state index is 13.9. The van der Waals surface area contributed by atoms with E-state index in [2.05, 4.69) is 17.2 Å². The number of carbonyl (C=O) groups excluding carboxylic acids is 1. The Morgan fingerprint density at radius 1 is 1.20 bits per heavy atom. The zero-order chi connectivity index (χ0) is 17.6. The van der Waals surface area contributed by atoms with Crippen molar-refractivity contribution in [3.05, 3.63) is 54.1 Å². The molecule has 0 spiro atoms. The lowest BCUT2D eigenvalue weighted by atomic mass is 10.2. The van der Waals surface area contributed by atoms with E-state index in [4.69, 9.17) is 0 Å². The number of rotatable bonds is 5. The second-order valence-corrected chi connectivity index (χ2v) is 6.12. The fourth-order valence-corrected chi connectivity index (χ4v) is 2.96. The minimum Gasteiger partial charge on any atom is -0.384 e. The Morgan fingerprint density at radius 2 is 1.96 bits per heavy atom. The van der Waals surface area contributed by atoms with Gasteiger partial charge in [-0.15, -0.1) is 0 Å². The standard InChI is InChI=1S/C19H23FN4O/c1-2-7-22-16-12-15(13-21-14-16)19(25)24-10-8-23(9-11-24)18-6-4-3-5-17(18)20/h3-6,12-14,22H,2,7-11H2,1H3. The van der Waals surface area contributed by atoms with E-state index in [9.17, 15) is 9.18 Å². The number of pyridine rings is 1. The van der Waals surface area contributed by atoms with Gasteiger partial charge in [-0.2, -0.15) is 0 Å². The number of hydrogen-bond donors (Lipinski definition) is 1. The summed E-state index contributed by atoms with van der Waals surface area (Å²) in [6.45, 7) is 5.31. The summed E-state index contributed by atoms with van der Waals surface area (Å²) in [5, 5.41) is 3.24. The van der Waals surface area contributed by atoms with Gasteiger partial charge >= 0.3 is 0 Å². The number of aromatic nitrogens is 1. The van der Waals surface area contributed by atoms with E-state index in [1.165, 1.54) is 6.07 Å². The van der Waals surface area contributed by atoms with E-state index >= 15 is 0 Å². The fourth-order valence-electron chi connectivity index (χ4n) is 2.96. The number of nitrogens with one attached hydrogen (secondary N) is 1. The molecule has 0 saturated carbocycles. The van der Waals surface area contributed by atoms with Crippen LogP contribution >= 0.6 is 0 Å². The van der Waals surface area contributed by atoms with Gasteiger partial charge in [-0.25, -0.2) is 4.39 Å². The quantitative estimate of drug-likeness (QED) is 0.907. The molecule has 0 bridgehead atoms. The molecule has 1 amide bonds. The highest BCUT2D eigenvalue weighted by Gasteiger charge is 2.23. The molecule has 1 aromatic carbocycles. The lowest BCUT2D eigenvalue weighted by Crippen LogP contribution is -2.49. The molecule has 1 N–H and O–H groups in total. The van der Waals surface area contributed by atoms with Crippen molar-refractivity contribution in [1.29, 1.82) is 0 Å². The number of anilines is 2. The summed E-state index contributed by atoms with van der Waals surface area (Å²) in [5.74, 6) is -0.248. The molecule has 2 aromatic rings. The molecule has 1 aliphatic heterocycles. The Morgan fingerprint density at radius 3 is 2.68 bits per heavy atom. The number of benzene rings is 1. The van der Waals surface area contributed by atoms with Crippen LogP contribution in [0.1, 0.15) is 23.7 Å². The predicted molar refractivity (Wildman–Crippen MR) is 97.5 cm³/mol. The van der Waals surface area contributed by atoms with Crippen molar-refractivity contribution in [3.63, 3.8) is 0 Å². The predicted octanol–water partition coefficient (Wildman–Crippen LogP) is 3.01. The normalized spacial score (nSPS) is 14.5. The molecule has 0 unspecified atom stereocenters. The molecule has 5 nitrogen and oxygen atoms in total. The summed E-state index contributed by atoms with van der Waals surface area (Å²) >= 11 is 0. The van der Waals surface area contributed by atoms with Crippen molar-refractivity contribution >= 4 is 17.3 Å². The molecule has 132 valence electrons. The summed E-state index contributed by atoms with van der Waals surface area (Å²) in [7, 11) is 0. The first-order chi connectivity index (χ1) is 12.2. The average molecular weight is 342 g/mol. The van der Waals surface area contributed by atoms with E-state index in [1.807, 2.05) is 17.0 Å². The molecule has 1 saturated heterocycles. The smallest absolute Gasteiger partial charge is 0.255 e. The first-order valence-corrected chi connectivity index (χ1v) is 8.66. The van der Waals surface area contributed by atoms with E-state index in [-0.39, 0.29) is 11.7 Å². The molecule has 6 heteroatoms. The molecular formula is C19H23FN4O. The van der Waals surface area contributed by atoms with E-state index in [1.54, 1.807) is 29.4 Å². The first-order valence-electron chi connectivity index (χ1n) is 8.66. The van der Waals surface area contributed by atoms with Gasteiger partial charge in [-0.05, 0) is 24.6 Å². The Balaban J connectivity index is 1.63. The lowest BCUT2D eigenvalue weighted by Gasteiger charge is -2.36. The minimum absolute atomic E-state index is 0.0270. The number of para-hydroxylation sites is 1. The second kappa shape index (κ2) is 7.96. The number of halogens is 1. The van der Waals surface area contributed by atoms with E-state index < -0.39 is 0 Å². The molecule has 1 aromatic heterocycles. The summed E-state index contributed by atoms with van der Waals surface area (Å²) < 4.78 is 13.9. The fraction of sp³-hybridized carbons (Fsp3) is 0.368. The highest BCUT2D eigenvalue weighted by atomic mass is 19.1. The minimum atomic E-state index is -0.221. The van der Waals surface area contributed by atoms with Gasteiger partial charge in [-0.1, -0.05) is 19.1 Å². The molecule has 25 heavy (non-hydrogen) atoms. The van der Waals surface area contributed by atoms with Gasteiger partial charge in [0.2, 0.25) is 0 Å². The molecule has 2 heterocycles. The van der Waals surface area contributed by atoms with Crippen LogP contribution in [0.5, 0.6) is 0 Å². The van der Waals surface area contributed by atoms with Crippen molar-refractivity contribution in [2.75, 3.05) is 42.9 Å². The third-order valence-electron chi connectivity index (χ3n) is 4.32. The molecule has 0 aliphatic carbocycles. The Bertz CT molecular complexity index is 729. The maximum absolute atomic E-state index is 13.9. The first kappa shape index (κ1) is 17.2. The van der Waals surface area contributed by atoms with Gasteiger partial charge in [0.1, 0.15) is 5.82 Å². The van der Waals surface area contributed by atoms with Crippen LogP contribution in [0.4, 0.5) is 15.8 Å². The summed E-state index contributed by atoms with van der Waals surface area (Å²) in [4.78, 5) is 20.6. The molecule has 1 aliphatic rings. The van der Waals surface area contributed by atoms with Crippen molar-refractivity contribution in [1.82, 2.24) is 9.88 Å². The number of hydrogen-bond acceptors (Lipinski definition) is 4. The molecule has 0 atom stereocenters. The van der Waals surface area contributed by atoms with Crippen molar-refractivity contribution in [3.8, 4) is 0 Å².